The summed E-state index contributed by atoms with van der Waals surface area (Å²) in [4.78, 5) is 22.2. The van der Waals surface area contributed by atoms with Crippen molar-refractivity contribution in [2.75, 3.05) is 25.0 Å². The van der Waals surface area contributed by atoms with Gasteiger partial charge in [0.1, 0.15) is 0 Å². The fourth-order valence-electron chi connectivity index (χ4n) is 5.08. The number of anilines is 1. The average molecular weight is 440 g/mol. The number of aromatic nitrogens is 2. The van der Waals surface area contributed by atoms with Gasteiger partial charge in [0, 0.05) is 24.7 Å². The lowest BCUT2D eigenvalue weighted by Gasteiger charge is -2.40. The number of nitrogens with zero attached hydrogens (tertiary/aromatic N) is 4. The van der Waals surface area contributed by atoms with Crippen molar-refractivity contribution in [1.82, 2.24) is 19.9 Å². The molecule has 2 aromatic rings. The van der Waals surface area contributed by atoms with Crippen LogP contribution < -0.4 is 5.32 Å². The number of nitrogens with one attached hydrogen (secondary N) is 1. The molecule has 1 aromatic carbocycles. The van der Waals surface area contributed by atoms with Crippen LogP contribution in [-0.4, -0.2) is 51.6 Å². The summed E-state index contributed by atoms with van der Waals surface area (Å²) in [6, 6.07) is 10.2. The Morgan fingerprint density at radius 1 is 1.09 bits per heavy atom. The molecular formula is C25H37N5O2. The Morgan fingerprint density at radius 3 is 2.62 bits per heavy atom. The zero-order chi connectivity index (χ0) is 22.3. The van der Waals surface area contributed by atoms with Crippen LogP contribution in [0, 0.1) is 11.8 Å². The average Bonchev–Trinajstić information content (AvgIpc) is 3.06. The van der Waals surface area contributed by atoms with E-state index in [9.17, 15) is 4.79 Å². The minimum Gasteiger partial charge on any atom is -0.338 e. The van der Waals surface area contributed by atoms with Gasteiger partial charge in [0.05, 0.1) is 6.54 Å². The molecule has 1 aromatic heterocycles. The molecule has 3 heterocycles. The third-order valence-corrected chi connectivity index (χ3v) is 6.72. The van der Waals surface area contributed by atoms with Crippen molar-refractivity contribution in [3.05, 3.63) is 42.0 Å². The van der Waals surface area contributed by atoms with Crippen LogP contribution in [0.3, 0.4) is 0 Å². The highest BCUT2D eigenvalue weighted by molar-refractivity contribution is 5.89. The third kappa shape index (κ3) is 6.09. The highest BCUT2D eigenvalue weighted by atomic mass is 16.5. The number of likely N-dealkylation sites (tertiary alicyclic amines) is 2. The molecule has 2 aliphatic rings. The largest absolute Gasteiger partial charge is 0.338 e. The maximum Gasteiger partial charge on any atom is 0.322 e. The second kappa shape index (κ2) is 10.9. The van der Waals surface area contributed by atoms with Gasteiger partial charge in [-0.1, -0.05) is 50.0 Å². The van der Waals surface area contributed by atoms with Gasteiger partial charge in [0.25, 0.3) is 0 Å². The van der Waals surface area contributed by atoms with E-state index in [-0.39, 0.29) is 6.03 Å². The van der Waals surface area contributed by atoms with Gasteiger partial charge in [-0.25, -0.2) is 4.79 Å². The third-order valence-electron chi connectivity index (χ3n) is 6.72. The molecule has 0 unspecified atom stereocenters. The molecule has 7 nitrogen and oxygen atoms in total. The lowest BCUT2D eigenvalue weighted by molar-refractivity contribution is 0.0974. The standard InChI is InChI=1S/C25H37N5O2/c1-19(2)17-23-27-24(32-28-23)18-29-15-12-20(13-16-29)22-11-7-4-8-14-30(22)25(31)26-21-9-5-3-6-10-21/h3,5-6,9-10,19-20,22H,4,7-8,11-18H2,1-2H3,(H,26,31)/t22-/m0/s1. The first kappa shape index (κ1) is 22.8. The van der Waals surface area contributed by atoms with Gasteiger partial charge >= 0.3 is 6.03 Å². The number of carbonyl (C=O) groups is 1. The quantitative estimate of drug-likeness (QED) is 0.689. The molecule has 7 heteroatoms. The summed E-state index contributed by atoms with van der Waals surface area (Å²) in [5.74, 6) is 2.60. The molecule has 32 heavy (non-hydrogen) atoms. The molecule has 174 valence electrons. The number of para-hydroxylation sites is 1. The summed E-state index contributed by atoms with van der Waals surface area (Å²) in [7, 11) is 0. The second-order valence-electron chi connectivity index (χ2n) is 9.72. The molecule has 1 atom stereocenters. The van der Waals surface area contributed by atoms with Gasteiger partial charge in [-0.05, 0) is 62.7 Å². The maximum absolute atomic E-state index is 13.1. The van der Waals surface area contributed by atoms with E-state index in [1.54, 1.807) is 0 Å². The smallest absolute Gasteiger partial charge is 0.322 e. The Bertz CT molecular complexity index is 845. The molecule has 4 rings (SSSR count). The van der Waals surface area contributed by atoms with Crippen molar-refractivity contribution in [1.29, 1.82) is 0 Å². The first-order valence-electron chi connectivity index (χ1n) is 12.2. The number of urea groups is 1. The normalized spacial score (nSPS) is 21.0. The van der Waals surface area contributed by atoms with Crippen LogP contribution in [0.25, 0.3) is 0 Å². The van der Waals surface area contributed by atoms with Gasteiger partial charge < -0.3 is 14.7 Å². The number of benzene rings is 1. The van der Waals surface area contributed by atoms with Gasteiger partial charge in [-0.3, -0.25) is 4.90 Å². The number of rotatable bonds is 6. The fourth-order valence-corrected chi connectivity index (χ4v) is 5.08. The first-order chi connectivity index (χ1) is 15.6. The minimum absolute atomic E-state index is 0.0501. The van der Waals surface area contributed by atoms with Crippen molar-refractivity contribution in [3.63, 3.8) is 0 Å². The number of hydrogen-bond donors (Lipinski definition) is 1. The van der Waals surface area contributed by atoms with Crippen LogP contribution in [0.5, 0.6) is 0 Å². The fraction of sp³-hybridized carbons (Fsp3) is 0.640. The Hall–Kier alpha value is -2.41. The Balaban J connectivity index is 1.33. The van der Waals surface area contributed by atoms with E-state index in [0.29, 0.717) is 17.9 Å². The van der Waals surface area contributed by atoms with E-state index in [1.165, 1.54) is 12.8 Å². The zero-order valence-corrected chi connectivity index (χ0v) is 19.5. The van der Waals surface area contributed by atoms with Crippen LogP contribution in [0.2, 0.25) is 0 Å². The van der Waals surface area contributed by atoms with E-state index in [2.05, 4.69) is 39.1 Å². The van der Waals surface area contributed by atoms with E-state index < -0.39 is 0 Å². The summed E-state index contributed by atoms with van der Waals surface area (Å²) in [6.45, 7) is 7.93. The summed E-state index contributed by atoms with van der Waals surface area (Å²) >= 11 is 0. The summed E-state index contributed by atoms with van der Waals surface area (Å²) in [5.41, 5.74) is 0.867. The topological polar surface area (TPSA) is 74.5 Å². The molecule has 2 amide bonds. The number of piperidine rings is 1. The Kier molecular flexibility index (Phi) is 7.79. The van der Waals surface area contributed by atoms with E-state index in [0.717, 1.165) is 75.7 Å². The molecule has 0 saturated carbocycles. The molecule has 0 spiro atoms. The highest BCUT2D eigenvalue weighted by Crippen LogP contribution is 2.31. The van der Waals surface area contributed by atoms with Crippen molar-refractivity contribution < 1.29 is 9.32 Å². The van der Waals surface area contributed by atoms with E-state index in [4.69, 9.17) is 4.52 Å². The minimum atomic E-state index is 0.0501. The molecule has 2 saturated heterocycles. The zero-order valence-electron chi connectivity index (χ0n) is 19.5. The monoisotopic (exact) mass is 439 g/mol. The van der Waals surface area contributed by atoms with Crippen molar-refractivity contribution in [2.24, 2.45) is 11.8 Å². The molecule has 0 aliphatic carbocycles. The SMILES string of the molecule is CC(C)Cc1noc(CN2CCC([C@@H]3CCCCCN3C(=O)Nc3ccccc3)CC2)n1. The van der Waals surface area contributed by atoms with E-state index >= 15 is 0 Å². The van der Waals surface area contributed by atoms with Crippen molar-refractivity contribution >= 4 is 11.7 Å². The predicted molar refractivity (Wildman–Crippen MR) is 125 cm³/mol. The van der Waals surface area contributed by atoms with Crippen LogP contribution in [-0.2, 0) is 13.0 Å². The molecule has 2 aliphatic heterocycles. The lowest BCUT2D eigenvalue weighted by atomic mass is 9.86. The second-order valence-corrected chi connectivity index (χ2v) is 9.72. The molecule has 0 bridgehead atoms. The molecule has 2 fully saturated rings. The predicted octanol–water partition coefficient (Wildman–Crippen LogP) is 4.96. The highest BCUT2D eigenvalue weighted by Gasteiger charge is 2.34. The van der Waals surface area contributed by atoms with Crippen molar-refractivity contribution in [3.8, 4) is 0 Å². The molecular weight excluding hydrogens is 402 g/mol. The van der Waals surface area contributed by atoms with Crippen molar-refractivity contribution in [2.45, 2.75) is 71.4 Å². The van der Waals surface area contributed by atoms with Crippen LogP contribution in [0.1, 0.15) is 64.1 Å². The number of hydrogen-bond acceptors (Lipinski definition) is 5. The number of amides is 2. The molecule has 0 radical (unpaired) electrons. The lowest BCUT2D eigenvalue weighted by Crippen LogP contribution is -2.49. The first-order valence-corrected chi connectivity index (χ1v) is 12.2. The van der Waals surface area contributed by atoms with Gasteiger partial charge in [-0.15, -0.1) is 0 Å². The van der Waals surface area contributed by atoms with Crippen LogP contribution >= 0.6 is 0 Å². The Labute approximate surface area is 191 Å². The van der Waals surface area contributed by atoms with E-state index in [1.807, 2.05) is 30.3 Å². The summed E-state index contributed by atoms with van der Waals surface area (Å²) in [5, 5.41) is 7.24. The van der Waals surface area contributed by atoms with Crippen LogP contribution in [0.15, 0.2) is 34.9 Å². The number of carbonyl (C=O) groups excluding carboxylic acids is 1. The summed E-state index contributed by atoms with van der Waals surface area (Å²) in [6.07, 6.45) is 7.68. The van der Waals surface area contributed by atoms with Gasteiger partial charge in [0.2, 0.25) is 5.89 Å². The summed E-state index contributed by atoms with van der Waals surface area (Å²) < 4.78 is 5.47. The van der Waals surface area contributed by atoms with Gasteiger partial charge in [-0.2, -0.15) is 4.98 Å². The van der Waals surface area contributed by atoms with Gasteiger partial charge in [0.15, 0.2) is 5.82 Å². The Morgan fingerprint density at radius 2 is 1.88 bits per heavy atom. The molecule has 1 N–H and O–H groups in total. The van der Waals surface area contributed by atoms with Crippen LogP contribution in [0.4, 0.5) is 10.5 Å². The maximum atomic E-state index is 13.1.